The Bertz CT molecular complexity index is 4730. The first kappa shape index (κ1) is 81.3. The van der Waals surface area contributed by atoms with Gasteiger partial charge in [0, 0.05) is 78.0 Å². The van der Waals surface area contributed by atoms with Crippen LogP contribution in [0.5, 0.6) is 17.4 Å². The van der Waals surface area contributed by atoms with Gasteiger partial charge in [0.05, 0.1) is 72.5 Å². The van der Waals surface area contributed by atoms with Crippen LogP contribution in [0, 0.1) is 23.7 Å². The third-order valence-electron chi connectivity index (χ3n) is 25.0. The summed E-state index contributed by atoms with van der Waals surface area (Å²) in [4.78, 5) is 129. The molecule has 15 rings (SSSR count). The highest BCUT2D eigenvalue weighted by molar-refractivity contribution is 7.92. The number of aryl methyl sites for hydroxylation is 2. The maximum Gasteiger partial charge on any atom is 0.307 e. The minimum absolute atomic E-state index is 0.0550. The summed E-state index contributed by atoms with van der Waals surface area (Å²) >= 11 is 0. The summed E-state index contributed by atoms with van der Waals surface area (Å²) < 4.78 is 92.2. The van der Waals surface area contributed by atoms with E-state index >= 15 is 0 Å². The lowest BCUT2D eigenvalue weighted by atomic mass is 9.87. The van der Waals surface area contributed by atoms with Crippen LogP contribution >= 0.6 is 0 Å². The van der Waals surface area contributed by atoms with Gasteiger partial charge in [-0.15, -0.1) is 0 Å². The number of pyridine rings is 2. The smallest absolute Gasteiger partial charge is 0.307 e. The number of carbonyl (C=O) groups excluding carboxylic acids is 8. The molecule has 4 N–H and O–H groups in total. The minimum Gasteiger partial charge on any atom is -0.483 e. The molecule has 0 bridgehead atoms. The molecule has 2 aromatic carbocycles. The van der Waals surface area contributed by atoms with E-state index < -0.39 is 134 Å². The predicted octanol–water partition coefficient (Wildman–Crippen LogP) is 9.12. The fourth-order valence-electron chi connectivity index (χ4n) is 17.6. The Hall–Kier alpha value is -8.28. The maximum atomic E-state index is 15.0. The SMILES string of the molecule is CC(C)(C)OC(=O)C[C@H]1CCCCC/C=C\[C@@H]2C[C@@]2(C(=O)NS(=O)(=O)C2(C)CC2)NC(=O)[C@@H]2C[C@]3(CCc4c(c(CN5CCOCC5)nc5ccccc45)O3)CN2C1=O.COc1nc2ccccc2c2c1O[C@]1(CC2)C[C@H]2C(=O)N[C@]3(C(=O)NS(=O)(=O)C4(C)CC4)C[C@H]3/C=C\CCCCC[C@H](CC(=O)OC(C)(C)C)C(=O)N2C1. The molecule has 11 aliphatic rings. The van der Waals surface area contributed by atoms with Gasteiger partial charge >= 0.3 is 11.9 Å². The van der Waals surface area contributed by atoms with Gasteiger partial charge in [-0.2, -0.15) is 0 Å². The zero-order valence-corrected chi connectivity index (χ0v) is 68.3. The largest absolute Gasteiger partial charge is 0.483 e. The Kier molecular flexibility index (Phi) is 22.3. The molecule has 3 saturated heterocycles. The van der Waals surface area contributed by atoms with E-state index in [4.69, 9.17) is 38.4 Å². The Morgan fingerprint density at radius 1 is 0.575 bits per heavy atom. The number of methoxy groups -OCH3 is 1. The Morgan fingerprint density at radius 2 is 1.01 bits per heavy atom. The quantitative estimate of drug-likeness (QED) is 0.0715. The van der Waals surface area contributed by atoms with Gasteiger partial charge < -0.3 is 48.9 Å². The monoisotopic (exact) mass is 1600 g/mol. The summed E-state index contributed by atoms with van der Waals surface area (Å²) in [5, 5.41) is 7.88. The van der Waals surface area contributed by atoms with Crippen molar-refractivity contribution in [1.29, 1.82) is 0 Å². The van der Waals surface area contributed by atoms with E-state index in [9.17, 15) is 55.2 Å². The summed E-state index contributed by atoms with van der Waals surface area (Å²) in [6, 6.07) is 13.6. The first-order valence-corrected chi connectivity index (χ1v) is 43.7. The van der Waals surface area contributed by atoms with Crippen molar-refractivity contribution in [3.05, 3.63) is 89.7 Å². The number of sulfonamides is 2. The number of morpholine rings is 1. The van der Waals surface area contributed by atoms with Gasteiger partial charge in [0.15, 0.2) is 5.75 Å². The number of nitrogens with zero attached hydrogens (tertiary/aromatic N) is 5. The van der Waals surface area contributed by atoms with Crippen molar-refractivity contribution < 1.29 is 83.6 Å². The molecule has 7 fully saturated rings. The molecule has 2 spiro atoms. The molecule has 0 unspecified atom stereocenters. The van der Waals surface area contributed by atoms with E-state index in [0.717, 1.165) is 83.8 Å². The third-order valence-corrected chi connectivity index (χ3v) is 29.3. The zero-order chi connectivity index (χ0) is 80.5. The standard InChI is InChI=1S/C44H59N5O9S.C40H52N4O9S/c1-41(2,3)57-36(50)24-29-12-8-6-5-7-9-13-30-25-44(30,40(53)47-59(54,55)42(4)18-19-42)46-38(51)35-26-43(28-49(35)39(29)52)17-16-32-31-14-10-11-15-33(31)45-34(37(32)58-43)27-48-20-22-56-23-21-48;1-37(2,3)52-31(45)21-25-13-9-7-6-8-10-14-26-22-40(26,36(48)43-54(49,50)38(4)19-20-38)42-33(46)30-23-39(24-44(30)35(25)47)18-17-28-27-15-11-12-16-29(27)41-34(51-5)32(28)53-39/h9-11,13-15,29-30,35H,5-8,12,16-28H2,1-4H3,(H,46,51)(H,47,53);10-12,14-16,25-26,30H,6-9,13,17-24H2,1-5H3,(H,42,46)(H,43,48)/b13-9-;14-10-/t29-,30-,35+,43-,44-;25-,26-,30+,39-,40-/m11/s1. The molecule has 29 heteroatoms. The van der Waals surface area contributed by atoms with Crippen LogP contribution in [0.3, 0.4) is 0 Å². The average molecular weight is 1600 g/mol. The number of nitrogens with one attached hydrogen (secondary N) is 4. The van der Waals surface area contributed by atoms with Crippen molar-refractivity contribution in [2.24, 2.45) is 23.7 Å². The van der Waals surface area contributed by atoms with Crippen LogP contribution in [0.25, 0.3) is 21.8 Å². The van der Waals surface area contributed by atoms with Crippen LogP contribution in [0.15, 0.2) is 72.8 Å². The second-order valence-electron chi connectivity index (χ2n) is 36.1. The highest BCUT2D eigenvalue weighted by Crippen LogP contribution is 2.53. The number of rotatable bonds is 13. The van der Waals surface area contributed by atoms with E-state index in [1.807, 2.05) is 72.8 Å². The topological polar surface area (TPSA) is 344 Å². The molecule has 0 radical (unpaired) electrons. The normalized spacial score (nSPS) is 30.2. The summed E-state index contributed by atoms with van der Waals surface area (Å²) in [7, 11) is -6.45. The second-order valence-corrected chi connectivity index (χ2v) is 40.5. The lowest BCUT2D eigenvalue weighted by molar-refractivity contribution is -0.159. The van der Waals surface area contributed by atoms with E-state index in [0.29, 0.717) is 121 Å². The lowest BCUT2D eigenvalue weighted by Gasteiger charge is -2.37. The number of hydrogen-bond acceptors (Lipinski definition) is 21. The number of aromatic nitrogens is 2. The Morgan fingerprint density at radius 3 is 1.45 bits per heavy atom. The highest BCUT2D eigenvalue weighted by atomic mass is 32.2. The predicted molar refractivity (Wildman–Crippen MR) is 419 cm³/mol. The summed E-state index contributed by atoms with van der Waals surface area (Å²) in [5.41, 5.74) is -2.07. The number of fused-ring (bicyclic) bond motifs is 10. The number of carbonyl (C=O) groups is 8. The van der Waals surface area contributed by atoms with Gasteiger partial charge in [-0.3, -0.25) is 52.7 Å². The van der Waals surface area contributed by atoms with E-state index in [1.165, 1.54) is 12.0 Å². The average Bonchev–Trinajstić information content (AvgIpc) is 1.58. The zero-order valence-electron chi connectivity index (χ0n) is 66.7. The summed E-state index contributed by atoms with van der Waals surface area (Å²) in [5.74, 6) is -5.25. The van der Waals surface area contributed by atoms with Gasteiger partial charge in [-0.25, -0.2) is 26.8 Å². The molecule has 7 aliphatic heterocycles. The Balaban J connectivity index is 0.000000188. The Labute approximate surface area is 662 Å². The van der Waals surface area contributed by atoms with Crippen LogP contribution in [-0.4, -0.2) is 190 Å². The molecule has 10 atom stereocenters. The fourth-order valence-corrected chi connectivity index (χ4v) is 20.3. The van der Waals surface area contributed by atoms with Crippen LogP contribution in [0.4, 0.5) is 0 Å². The number of para-hydroxylation sites is 2. The van der Waals surface area contributed by atoms with Crippen LogP contribution < -0.4 is 34.3 Å². The number of esters is 2. The van der Waals surface area contributed by atoms with Crippen molar-refractivity contribution in [3.63, 3.8) is 0 Å². The fraction of sp³-hybridized carbons (Fsp3) is 0.643. The summed E-state index contributed by atoms with van der Waals surface area (Å²) in [6.45, 7) is 17.4. The first-order valence-electron chi connectivity index (χ1n) is 40.7. The molecular weight excluding hydrogens is 1490 g/mol. The van der Waals surface area contributed by atoms with Crippen LogP contribution in [0.2, 0.25) is 0 Å². The number of amides is 6. The molecule has 4 aliphatic carbocycles. The molecule has 9 heterocycles. The minimum atomic E-state index is -3.99. The highest BCUT2D eigenvalue weighted by Gasteiger charge is 2.66. The van der Waals surface area contributed by atoms with Gasteiger partial charge in [0.2, 0.25) is 43.7 Å². The molecular formula is C84H111N9O18S2. The molecule has 4 aromatic rings. The second kappa shape index (κ2) is 31.1. The molecule has 4 saturated carbocycles. The molecule has 2 aromatic heterocycles. The molecule has 6 amide bonds. The van der Waals surface area contributed by atoms with Gasteiger partial charge in [-0.05, 0) is 170 Å². The number of hydrogen-bond donors (Lipinski definition) is 4. The van der Waals surface area contributed by atoms with Gasteiger partial charge in [0.25, 0.3) is 17.7 Å². The lowest BCUT2D eigenvalue weighted by Crippen LogP contribution is -2.57. The van der Waals surface area contributed by atoms with Crippen molar-refractivity contribution in [3.8, 4) is 17.4 Å². The van der Waals surface area contributed by atoms with Gasteiger partial charge in [-0.1, -0.05) is 86.4 Å². The first-order chi connectivity index (χ1) is 53.5. The molecule has 612 valence electrons. The number of benzene rings is 2. The van der Waals surface area contributed by atoms with Crippen molar-refractivity contribution in [2.75, 3.05) is 46.5 Å². The van der Waals surface area contributed by atoms with Crippen LogP contribution in [-0.2, 0) is 92.0 Å². The van der Waals surface area contributed by atoms with Crippen molar-refractivity contribution in [2.45, 2.75) is 271 Å². The van der Waals surface area contributed by atoms with E-state index in [-0.39, 0.29) is 63.4 Å². The van der Waals surface area contributed by atoms with Crippen molar-refractivity contribution >= 4 is 89.2 Å². The van der Waals surface area contributed by atoms with Crippen molar-refractivity contribution in [1.82, 2.24) is 44.7 Å². The third kappa shape index (κ3) is 17.2. The number of ether oxygens (including phenoxy) is 6. The molecule has 113 heavy (non-hydrogen) atoms. The maximum absolute atomic E-state index is 15.0. The summed E-state index contributed by atoms with van der Waals surface area (Å²) in [6.07, 6.45) is 19.1. The van der Waals surface area contributed by atoms with E-state index in [1.54, 1.807) is 60.3 Å². The van der Waals surface area contributed by atoms with E-state index in [2.05, 4.69) is 25.0 Å². The number of allylic oxidation sites excluding steroid dienone is 2. The molecule has 27 nitrogen and oxygen atoms in total. The van der Waals surface area contributed by atoms with Gasteiger partial charge in [0.1, 0.15) is 51.3 Å². The van der Waals surface area contributed by atoms with Crippen LogP contribution in [0.1, 0.15) is 213 Å².